The summed E-state index contributed by atoms with van der Waals surface area (Å²) in [6, 6.07) is 5.97. The summed E-state index contributed by atoms with van der Waals surface area (Å²) >= 11 is 0. The Bertz CT molecular complexity index is 786. The monoisotopic (exact) mass is 500 g/mol. The van der Waals surface area contributed by atoms with Gasteiger partial charge >= 0.3 is 12.1 Å². The summed E-state index contributed by atoms with van der Waals surface area (Å²) in [7, 11) is 0. The van der Waals surface area contributed by atoms with Gasteiger partial charge in [0.05, 0.1) is 5.41 Å². The summed E-state index contributed by atoms with van der Waals surface area (Å²) < 4.78 is 43.6. The van der Waals surface area contributed by atoms with Crippen molar-refractivity contribution in [3.05, 3.63) is 35.4 Å². The van der Waals surface area contributed by atoms with E-state index < -0.39 is 11.8 Å². The fourth-order valence-corrected chi connectivity index (χ4v) is 4.10. The normalized spacial score (nSPS) is 21.9. The largest absolute Gasteiger partial charge is 0.459 e. The molecular formula is C29H47F3O3. The summed E-state index contributed by atoms with van der Waals surface area (Å²) in [5.41, 5.74) is -2.62. The first-order valence-corrected chi connectivity index (χ1v) is 13.0. The zero-order chi connectivity index (χ0) is 27.2. The van der Waals surface area contributed by atoms with E-state index in [1.54, 1.807) is 12.1 Å². The van der Waals surface area contributed by atoms with Gasteiger partial charge in [0, 0.05) is 0 Å². The molecule has 0 bridgehead atoms. The topological polar surface area (TPSA) is 46.5 Å². The minimum atomic E-state index is -4.66. The lowest BCUT2D eigenvalue weighted by atomic mass is 9.75. The Kier molecular flexibility index (Phi) is 10.9. The molecule has 1 aliphatic rings. The van der Waals surface area contributed by atoms with Crippen LogP contribution >= 0.6 is 0 Å². The van der Waals surface area contributed by atoms with E-state index in [4.69, 9.17) is 4.74 Å². The van der Waals surface area contributed by atoms with Crippen LogP contribution in [-0.2, 0) is 15.1 Å². The first-order chi connectivity index (χ1) is 15.9. The van der Waals surface area contributed by atoms with Crippen LogP contribution in [-0.4, -0.2) is 22.9 Å². The van der Waals surface area contributed by atoms with Gasteiger partial charge in [0.2, 0.25) is 0 Å². The molecule has 0 heterocycles. The number of aliphatic hydroxyl groups is 1. The van der Waals surface area contributed by atoms with Gasteiger partial charge in [-0.1, -0.05) is 64.8 Å². The first kappa shape index (κ1) is 31.5. The zero-order valence-corrected chi connectivity index (χ0v) is 23.2. The van der Waals surface area contributed by atoms with Gasteiger partial charge in [0.15, 0.2) is 5.60 Å². The highest BCUT2D eigenvalue weighted by molar-refractivity contribution is 5.76. The van der Waals surface area contributed by atoms with E-state index in [0.29, 0.717) is 11.8 Å². The number of carbonyl (C=O) groups is 1. The standard InChI is InChI=1S/C16H30O2.C13H17F3O/c1-7-15(3,4)14(17)18-16(5,6)13-10-8-12(2)9-11-13;1-4-9(2)10-5-7-11(8-6-10)12(3,17)13(14,15)16/h12-13H,7-11H2,1-6H3;5-9,17H,4H2,1-3H3. The average Bonchev–Trinajstić information content (AvgIpc) is 2.78. The molecule has 1 aromatic rings. The highest BCUT2D eigenvalue weighted by Crippen LogP contribution is 2.39. The van der Waals surface area contributed by atoms with E-state index in [1.807, 2.05) is 34.6 Å². The molecule has 35 heavy (non-hydrogen) atoms. The quantitative estimate of drug-likeness (QED) is 0.382. The van der Waals surface area contributed by atoms with Crippen LogP contribution in [0.1, 0.15) is 118 Å². The maximum absolute atomic E-state index is 12.6. The number of esters is 1. The third-order valence-corrected chi connectivity index (χ3v) is 8.00. The number of halogens is 3. The molecule has 1 saturated carbocycles. The van der Waals surface area contributed by atoms with Crippen LogP contribution in [0.15, 0.2) is 24.3 Å². The van der Waals surface area contributed by atoms with Crippen molar-refractivity contribution in [3.8, 4) is 0 Å². The summed E-state index contributed by atoms with van der Waals surface area (Å²) in [6.45, 7) is 17.2. The van der Waals surface area contributed by atoms with Crippen molar-refractivity contribution in [1.82, 2.24) is 0 Å². The van der Waals surface area contributed by atoms with Crippen molar-refractivity contribution >= 4 is 5.97 Å². The maximum atomic E-state index is 12.6. The molecule has 2 rings (SSSR count). The lowest BCUT2D eigenvalue weighted by Crippen LogP contribution is -2.42. The highest BCUT2D eigenvalue weighted by atomic mass is 19.4. The lowest BCUT2D eigenvalue weighted by molar-refractivity contribution is -0.258. The van der Waals surface area contributed by atoms with Gasteiger partial charge in [-0.15, -0.1) is 0 Å². The molecular weight excluding hydrogens is 453 g/mol. The van der Waals surface area contributed by atoms with Crippen LogP contribution in [0.2, 0.25) is 0 Å². The number of carbonyl (C=O) groups excluding carboxylic acids is 1. The zero-order valence-electron chi connectivity index (χ0n) is 23.2. The molecule has 0 aliphatic heterocycles. The molecule has 1 aliphatic carbocycles. The first-order valence-electron chi connectivity index (χ1n) is 13.0. The molecule has 2 atom stereocenters. The molecule has 0 radical (unpaired) electrons. The van der Waals surface area contributed by atoms with Crippen LogP contribution in [0.4, 0.5) is 13.2 Å². The van der Waals surface area contributed by atoms with Crippen LogP contribution < -0.4 is 0 Å². The molecule has 1 aromatic carbocycles. The molecule has 1 fully saturated rings. The van der Waals surface area contributed by atoms with Crippen LogP contribution in [0.3, 0.4) is 0 Å². The lowest BCUT2D eigenvalue weighted by Gasteiger charge is -2.39. The van der Waals surface area contributed by atoms with E-state index in [2.05, 4.69) is 20.8 Å². The molecule has 0 saturated heterocycles. The van der Waals surface area contributed by atoms with Gasteiger partial charge < -0.3 is 9.84 Å². The minimum Gasteiger partial charge on any atom is -0.459 e. The average molecular weight is 501 g/mol. The van der Waals surface area contributed by atoms with Crippen molar-refractivity contribution in [3.63, 3.8) is 0 Å². The van der Waals surface area contributed by atoms with Crippen molar-refractivity contribution in [1.29, 1.82) is 0 Å². The van der Waals surface area contributed by atoms with Gasteiger partial charge in [-0.2, -0.15) is 13.2 Å². The third-order valence-electron chi connectivity index (χ3n) is 8.00. The summed E-state index contributed by atoms with van der Waals surface area (Å²) in [5.74, 6) is 1.61. The predicted octanol–water partition coefficient (Wildman–Crippen LogP) is 8.54. The number of hydrogen-bond acceptors (Lipinski definition) is 3. The second-order valence-electron chi connectivity index (χ2n) is 11.7. The molecule has 0 spiro atoms. The number of rotatable bonds is 7. The molecule has 0 amide bonds. The number of hydrogen-bond donors (Lipinski definition) is 1. The molecule has 6 heteroatoms. The van der Waals surface area contributed by atoms with Gasteiger partial charge in [0.25, 0.3) is 0 Å². The smallest absolute Gasteiger partial charge is 0.421 e. The van der Waals surface area contributed by atoms with E-state index in [-0.39, 0.29) is 22.5 Å². The fourth-order valence-electron chi connectivity index (χ4n) is 4.10. The van der Waals surface area contributed by atoms with Gasteiger partial charge in [0.1, 0.15) is 5.60 Å². The van der Waals surface area contributed by atoms with E-state index >= 15 is 0 Å². The second-order valence-corrected chi connectivity index (χ2v) is 11.7. The van der Waals surface area contributed by atoms with Gasteiger partial charge in [-0.3, -0.25) is 4.79 Å². The Hall–Kier alpha value is -1.56. The molecule has 202 valence electrons. The Labute approximate surface area is 210 Å². The number of ether oxygens (including phenoxy) is 1. The second kappa shape index (κ2) is 12.1. The van der Waals surface area contributed by atoms with Crippen molar-refractivity contribution < 1.29 is 27.8 Å². The molecule has 2 unspecified atom stereocenters. The van der Waals surface area contributed by atoms with Crippen LogP contribution in [0.25, 0.3) is 0 Å². The van der Waals surface area contributed by atoms with Crippen molar-refractivity contribution in [2.45, 2.75) is 124 Å². The van der Waals surface area contributed by atoms with Gasteiger partial charge in [-0.05, 0) is 89.2 Å². The molecule has 0 aromatic heterocycles. The minimum absolute atomic E-state index is 0.0476. The number of benzene rings is 1. The Morgan fingerprint density at radius 1 is 1.00 bits per heavy atom. The maximum Gasteiger partial charge on any atom is 0.421 e. The van der Waals surface area contributed by atoms with E-state index in [9.17, 15) is 23.1 Å². The van der Waals surface area contributed by atoms with Gasteiger partial charge in [-0.25, -0.2) is 0 Å². The summed E-state index contributed by atoms with van der Waals surface area (Å²) in [4.78, 5) is 12.2. The highest BCUT2D eigenvalue weighted by Gasteiger charge is 2.51. The Morgan fingerprint density at radius 2 is 1.49 bits per heavy atom. The Morgan fingerprint density at radius 3 is 1.89 bits per heavy atom. The molecule has 1 N–H and O–H groups in total. The molecule has 3 nitrogen and oxygen atoms in total. The SMILES string of the molecule is CCC(C)(C)C(=O)OC(C)(C)C1CCC(C)CC1.CCC(C)c1ccc(C(C)(O)C(F)(F)F)cc1. The van der Waals surface area contributed by atoms with E-state index in [1.165, 1.54) is 37.8 Å². The van der Waals surface area contributed by atoms with Crippen LogP contribution in [0.5, 0.6) is 0 Å². The number of alkyl halides is 3. The van der Waals surface area contributed by atoms with Crippen molar-refractivity contribution in [2.24, 2.45) is 17.3 Å². The van der Waals surface area contributed by atoms with Crippen molar-refractivity contribution in [2.75, 3.05) is 0 Å². The summed E-state index contributed by atoms with van der Waals surface area (Å²) in [6.07, 6.45) is 2.00. The van der Waals surface area contributed by atoms with Crippen LogP contribution in [0, 0.1) is 17.3 Å². The summed E-state index contributed by atoms with van der Waals surface area (Å²) in [5, 5.41) is 9.48. The fraction of sp³-hybridized carbons (Fsp3) is 0.759. The third kappa shape index (κ3) is 8.51. The van der Waals surface area contributed by atoms with E-state index in [0.717, 1.165) is 31.2 Å². The Balaban J connectivity index is 0.000000351. The predicted molar refractivity (Wildman–Crippen MR) is 136 cm³/mol.